The fourth-order valence-corrected chi connectivity index (χ4v) is 2.98. The number of unbranched alkanes of at least 4 members (excludes halogenated alkanes) is 1. The molecule has 0 aliphatic carbocycles. The Kier molecular flexibility index (Phi) is 3.47. The Labute approximate surface area is 119 Å². The summed E-state index contributed by atoms with van der Waals surface area (Å²) in [4.78, 5) is 16.1. The first-order valence-corrected chi connectivity index (χ1v) is 7.48. The number of carbonyl (C=O) groups is 1. The molecular formula is C16H21N3O. The minimum Gasteiger partial charge on any atom is -0.328 e. The van der Waals surface area contributed by atoms with Crippen molar-refractivity contribution >= 4 is 22.6 Å². The van der Waals surface area contributed by atoms with Gasteiger partial charge in [0.15, 0.2) is 0 Å². The number of amides is 1. The Bertz CT molecular complexity index is 657. The molecular weight excluding hydrogens is 250 g/mol. The van der Waals surface area contributed by atoms with Gasteiger partial charge in [-0.1, -0.05) is 13.3 Å². The van der Waals surface area contributed by atoms with E-state index < -0.39 is 0 Å². The highest BCUT2D eigenvalue weighted by molar-refractivity contribution is 5.93. The van der Waals surface area contributed by atoms with Crippen molar-refractivity contribution in [3.63, 3.8) is 0 Å². The first-order valence-electron chi connectivity index (χ1n) is 7.48. The summed E-state index contributed by atoms with van der Waals surface area (Å²) in [5, 5.41) is 2.95. The van der Waals surface area contributed by atoms with E-state index in [4.69, 9.17) is 4.98 Å². The number of imidazole rings is 1. The SMILES string of the molecule is CCCCc1cc2c(cc1NC(C)=O)nc1n2CCC1. The molecule has 0 radical (unpaired) electrons. The van der Waals surface area contributed by atoms with Crippen LogP contribution in [0.4, 0.5) is 5.69 Å². The summed E-state index contributed by atoms with van der Waals surface area (Å²) >= 11 is 0. The van der Waals surface area contributed by atoms with Crippen LogP contribution in [0.1, 0.15) is 44.5 Å². The van der Waals surface area contributed by atoms with Gasteiger partial charge < -0.3 is 9.88 Å². The van der Waals surface area contributed by atoms with Crippen LogP contribution in [0.15, 0.2) is 12.1 Å². The van der Waals surface area contributed by atoms with Gasteiger partial charge in [0.05, 0.1) is 11.0 Å². The standard InChI is InChI=1S/C16H21N3O/c1-3-4-6-12-9-15-14(10-13(12)17-11(2)20)18-16-7-5-8-19(15)16/h9-10H,3-8H2,1-2H3,(H,17,20). The number of anilines is 1. The lowest BCUT2D eigenvalue weighted by Gasteiger charge is -2.11. The largest absolute Gasteiger partial charge is 0.328 e. The molecule has 1 amide bonds. The molecule has 1 aliphatic rings. The number of rotatable bonds is 4. The molecule has 0 atom stereocenters. The molecule has 0 unspecified atom stereocenters. The number of aryl methyl sites for hydroxylation is 3. The summed E-state index contributed by atoms with van der Waals surface area (Å²) in [6, 6.07) is 4.26. The van der Waals surface area contributed by atoms with Crippen LogP contribution in [0.3, 0.4) is 0 Å². The van der Waals surface area contributed by atoms with Crippen LogP contribution in [-0.2, 0) is 24.2 Å². The van der Waals surface area contributed by atoms with E-state index in [1.165, 1.54) is 23.3 Å². The highest BCUT2D eigenvalue weighted by atomic mass is 16.1. The van der Waals surface area contributed by atoms with Gasteiger partial charge in [-0.3, -0.25) is 4.79 Å². The van der Waals surface area contributed by atoms with Crippen molar-refractivity contribution in [2.24, 2.45) is 0 Å². The number of nitrogens with one attached hydrogen (secondary N) is 1. The summed E-state index contributed by atoms with van der Waals surface area (Å²) in [7, 11) is 0. The van der Waals surface area contributed by atoms with E-state index in [1.54, 1.807) is 6.92 Å². The molecule has 1 aromatic heterocycles. The predicted octanol–water partition coefficient (Wildman–Crippen LogP) is 3.28. The Hall–Kier alpha value is -1.84. The van der Waals surface area contributed by atoms with E-state index in [1.807, 2.05) is 6.07 Å². The molecule has 0 saturated heterocycles. The Morgan fingerprint density at radius 1 is 1.45 bits per heavy atom. The van der Waals surface area contributed by atoms with Crippen LogP contribution in [0.2, 0.25) is 0 Å². The van der Waals surface area contributed by atoms with E-state index in [9.17, 15) is 4.79 Å². The van der Waals surface area contributed by atoms with Crippen molar-refractivity contribution in [1.29, 1.82) is 0 Å². The lowest BCUT2D eigenvalue weighted by molar-refractivity contribution is -0.114. The van der Waals surface area contributed by atoms with Gasteiger partial charge in [0, 0.05) is 25.6 Å². The van der Waals surface area contributed by atoms with Gasteiger partial charge in [-0.05, 0) is 37.0 Å². The maximum absolute atomic E-state index is 11.4. The van der Waals surface area contributed by atoms with Gasteiger partial charge in [0.2, 0.25) is 5.91 Å². The van der Waals surface area contributed by atoms with E-state index in [2.05, 4.69) is 22.9 Å². The maximum Gasteiger partial charge on any atom is 0.221 e. The second kappa shape index (κ2) is 5.27. The Balaban J connectivity index is 2.08. The minimum absolute atomic E-state index is 0.0196. The third-order valence-electron chi connectivity index (χ3n) is 3.94. The molecule has 0 fully saturated rings. The van der Waals surface area contributed by atoms with E-state index in [0.29, 0.717) is 0 Å². The van der Waals surface area contributed by atoms with Crippen molar-refractivity contribution in [3.8, 4) is 0 Å². The number of benzene rings is 1. The number of nitrogens with zero attached hydrogens (tertiary/aromatic N) is 2. The molecule has 0 saturated carbocycles. The number of carbonyl (C=O) groups excluding carboxylic acids is 1. The second-order valence-electron chi connectivity index (χ2n) is 5.57. The fraction of sp³-hybridized carbons (Fsp3) is 0.500. The molecule has 0 spiro atoms. The minimum atomic E-state index is -0.0196. The van der Waals surface area contributed by atoms with Crippen LogP contribution < -0.4 is 5.32 Å². The molecule has 1 aromatic carbocycles. The molecule has 1 aliphatic heterocycles. The second-order valence-corrected chi connectivity index (χ2v) is 5.57. The first-order chi connectivity index (χ1) is 9.69. The molecule has 2 heterocycles. The number of hydrogen-bond acceptors (Lipinski definition) is 2. The van der Waals surface area contributed by atoms with E-state index >= 15 is 0 Å². The summed E-state index contributed by atoms with van der Waals surface area (Å²) in [6.07, 6.45) is 5.55. The Morgan fingerprint density at radius 3 is 3.05 bits per heavy atom. The topological polar surface area (TPSA) is 46.9 Å². The van der Waals surface area contributed by atoms with Crippen LogP contribution in [0.5, 0.6) is 0 Å². The van der Waals surface area contributed by atoms with Crippen LogP contribution >= 0.6 is 0 Å². The highest BCUT2D eigenvalue weighted by Crippen LogP contribution is 2.29. The molecule has 0 bridgehead atoms. The average molecular weight is 271 g/mol. The van der Waals surface area contributed by atoms with Crippen LogP contribution in [-0.4, -0.2) is 15.5 Å². The quantitative estimate of drug-likeness (QED) is 0.927. The summed E-state index contributed by atoms with van der Waals surface area (Å²) < 4.78 is 2.32. The summed E-state index contributed by atoms with van der Waals surface area (Å²) in [5.41, 5.74) is 4.38. The van der Waals surface area contributed by atoms with Crippen LogP contribution in [0.25, 0.3) is 11.0 Å². The average Bonchev–Trinajstić information content (AvgIpc) is 2.96. The number of hydrogen-bond donors (Lipinski definition) is 1. The van der Waals surface area contributed by atoms with Gasteiger partial charge in [0.1, 0.15) is 5.82 Å². The zero-order chi connectivity index (χ0) is 14.1. The highest BCUT2D eigenvalue weighted by Gasteiger charge is 2.18. The lowest BCUT2D eigenvalue weighted by Crippen LogP contribution is -2.08. The third kappa shape index (κ3) is 2.30. The van der Waals surface area contributed by atoms with E-state index in [-0.39, 0.29) is 5.91 Å². The van der Waals surface area contributed by atoms with Crippen molar-refractivity contribution in [2.45, 2.75) is 52.5 Å². The molecule has 20 heavy (non-hydrogen) atoms. The fourth-order valence-electron chi connectivity index (χ4n) is 2.98. The van der Waals surface area contributed by atoms with Gasteiger partial charge in [-0.25, -0.2) is 4.98 Å². The van der Waals surface area contributed by atoms with Crippen molar-refractivity contribution in [1.82, 2.24) is 9.55 Å². The Morgan fingerprint density at radius 2 is 2.30 bits per heavy atom. The third-order valence-corrected chi connectivity index (χ3v) is 3.94. The smallest absolute Gasteiger partial charge is 0.221 e. The van der Waals surface area contributed by atoms with Gasteiger partial charge in [0.25, 0.3) is 0 Å². The number of aromatic nitrogens is 2. The summed E-state index contributed by atoms with van der Waals surface area (Å²) in [5.74, 6) is 1.16. The predicted molar refractivity (Wildman–Crippen MR) is 81.0 cm³/mol. The first kappa shape index (κ1) is 13.2. The molecule has 1 N–H and O–H groups in total. The van der Waals surface area contributed by atoms with E-state index in [0.717, 1.165) is 43.4 Å². The van der Waals surface area contributed by atoms with Gasteiger partial charge in [-0.15, -0.1) is 0 Å². The molecule has 2 aromatic rings. The number of fused-ring (bicyclic) bond motifs is 3. The maximum atomic E-state index is 11.4. The van der Waals surface area contributed by atoms with Gasteiger partial charge >= 0.3 is 0 Å². The lowest BCUT2D eigenvalue weighted by atomic mass is 10.0. The normalized spacial score (nSPS) is 13.7. The van der Waals surface area contributed by atoms with Gasteiger partial charge in [-0.2, -0.15) is 0 Å². The van der Waals surface area contributed by atoms with Crippen molar-refractivity contribution in [2.75, 3.05) is 5.32 Å². The molecule has 4 nitrogen and oxygen atoms in total. The monoisotopic (exact) mass is 271 g/mol. The molecule has 3 rings (SSSR count). The van der Waals surface area contributed by atoms with Crippen molar-refractivity contribution in [3.05, 3.63) is 23.5 Å². The molecule has 4 heteroatoms. The molecule has 106 valence electrons. The van der Waals surface area contributed by atoms with Crippen LogP contribution in [0, 0.1) is 0 Å². The zero-order valence-corrected chi connectivity index (χ0v) is 12.2. The summed E-state index contributed by atoms with van der Waals surface area (Å²) in [6.45, 7) is 4.81. The van der Waals surface area contributed by atoms with Crippen molar-refractivity contribution < 1.29 is 4.79 Å². The zero-order valence-electron chi connectivity index (χ0n) is 12.2.